The van der Waals surface area contributed by atoms with Crippen molar-refractivity contribution in [3.05, 3.63) is 77.6 Å². The lowest BCUT2D eigenvalue weighted by atomic mass is 9.86. The average molecular weight is 403 g/mol. The van der Waals surface area contributed by atoms with Gasteiger partial charge in [-0.2, -0.15) is 0 Å². The van der Waals surface area contributed by atoms with Gasteiger partial charge in [-0.05, 0) is 41.3 Å². The number of carbonyl (C=O) groups excluding carboxylic acids is 1. The maximum Gasteiger partial charge on any atom is 0.228 e. The van der Waals surface area contributed by atoms with Gasteiger partial charge in [0.05, 0.1) is 12.5 Å². The van der Waals surface area contributed by atoms with E-state index in [1.807, 2.05) is 36.7 Å². The van der Waals surface area contributed by atoms with E-state index in [4.69, 9.17) is 0 Å². The maximum atomic E-state index is 12.9. The van der Waals surface area contributed by atoms with Gasteiger partial charge in [0.2, 0.25) is 11.0 Å². The highest BCUT2D eigenvalue weighted by Crippen LogP contribution is 2.38. The number of hydrogen-bond donors (Lipinski definition) is 1. The molecule has 4 aromatic rings. The van der Waals surface area contributed by atoms with Gasteiger partial charge < -0.3 is 9.88 Å². The van der Waals surface area contributed by atoms with E-state index in [9.17, 15) is 4.79 Å². The summed E-state index contributed by atoms with van der Waals surface area (Å²) in [5, 5.41) is 15.4. The number of nitrogens with zero attached hydrogens (tertiary/aromatic N) is 3. The second kappa shape index (κ2) is 7.79. The Morgan fingerprint density at radius 2 is 1.86 bits per heavy atom. The monoisotopic (exact) mass is 402 g/mol. The van der Waals surface area contributed by atoms with Crippen molar-refractivity contribution in [3.63, 3.8) is 0 Å². The SMILES string of the molecule is O=C(C[C@H](c1cccc2ccccc12)n1cccc1)Nc1nnc(C2CCC2)s1. The van der Waals surface area contributed by atoms with Crippen molar-refractivity contribution in [2.45, 2.75) is 37.6 Å². The number of fused-ring (bicyclic) bond motifs is 1. The van der Waals surface area contributed by atoms with Gasteiger partial charge in [-0.1, -0.05) is 60.2 Å². The number of amides is 1. The molecule has 0 saturated heterocycles. The molecule has 0 spiro atoms. The van der Waals surface area contributed by atoms with Crippen LogP contribution in [0, 0.1) is 0 Å². The molecule has 6 heteroatoms. The number of rotatable bonds is 6. The highest BCUT2D eigenvalue weighted by molar-refractivity contribution is 7.15. The van der Waals surface area contributed by atoms with Gasteiger partial charge in [0, 0.05) is 18.3 Å². The van der Waals surface area contributed by atoms with E-state index in [0.29, 0.717) is 17.5 Å². The van der Waals surface area contributed by atoms with Crippen LogP contribution in [0.4, 0.5) is 5.13 Å². The third-order valence-electron chi connectivity index (χ3n) is 5.69. The first-order chi connectivity index (χ1) is 14.3. The van der Waals surface area contributed by atoms with Crippen LogP contribution in [-0.4, -0.2) is 20.7 Å². The summed E-state index contributed by atoms with van der Waals surface area (Å²) in [5.74, 6) is 0.481. The van der Waals surface area contributed by atoms with Crippen LogP contribution in [0.1, 0.15) is 48.2 Å². The number of aromatic nitrogens is 3. The van der Waals surface area contributed by atoms with Crippen LogP contribution in [-0.2, 0) is 4.79 Å². The Bertz CT molecular complexity index is 1130. The fourth-order valence-electron chi connectivity index (χ4n) is 3.92. The zero-order chi connectivity index (χ0) is 19.6. The summed E-state index contributed by atoms with van der Waals surface area (Å²) in [6.07, 6.45) is 7.98. The quantitative estimate of drug-likeness (QED) is 0.471. The Balaban J connectivity index is 1.40. The number of nitrogens with one attached hydrogen (secondary N) is 1. The highest BCUT2D eigenvalue weighted by Gasteiger charge is 2.24. The van der Waals surface area contributed by atoms with Gasteiger partial charge in [-0.3, -0.25) is 4.79 Å². The first-order valence-corrected chi connectivity index (χ1v) is 10.8. The van der Waals surface area contributed by atoms with Gasteiger partial charge in [-0.25, -0.2) is 0 Å². The van der Waals surface area contributed by atoms with Crippen molar-refractivity contribution in [1.82, 2.24) is 14.8 Å². The molecule has 1 aliphatic carbocycles. The third kappa shape index (κ3) is 3.68. The zero-order valence-electron chi connectivity index (χ0n) is 16.0. The standard InChI is InChI=1S/C23H22N4OS/c28-21(24-23-26-25-22(29-23)17-9-5-10-17)15-20(27-13-3-4-14-27)19-12-6-8-16-7-1-2-11-18(16)19/h1-4,6-8,11-14,17,20H,5,9-10,15H2,(H,24,26,28)/t20-/m1/s1. The fourth-order valence-corrected chi connectivity index (χ4v) is 4.85. The summed E-state index contributed by atoms with van der Waals surface area (Å²) in [6, 6.07) is 18.5. The van der Waals surface area contributed by atoms with Gasteiger partial charge in [0.25, 0.3) is 0 Å². The molecule has 1 saturated carbocycles. The fraction of sp³-hybridized carbons (Fsp3) is 0.261. The lowest BCUT2D eigenvalue weighted by molar-refractivity contribution is -0.116. The molecule has 2 aromatic carbocycles. The average Bonchev–Trinajstić information content (AvgIpc) is 3.37. The molecule has 29 heavy (non-hydrogen) atoms. The van der Waals surface area contributed by atoms with E-state index in [1.54, 1.807) is 0 Å². The van der Waals surface area contributed by atoms with Crippen molar-refractivity contribution in [2.75, 3.05) is 5.32 Å². The predicted molar refractivity (Wildman–Crippen MR) is 116 cm³/mol. The minimum absolute atomic E-state index is 0.0482. The van der Waals surface area contributed by atoms with Crippen LogP contribution < -0.4 is 5.32 Å². The zero-order valence-corrected chi connectivity index (χ0v) is 16.8. The molecule has 146 valence electrons. The largest absolute Gasteiger partial charge is 0.346 e. The predicted octanol–water partition coefficient (Wildman–Crippen LogP) is 5.38. The van der Waals surface area contributed by atoms with Crippen molar-refractivity contribution in [2.24, 2.45) is 0 Å². The molecule has 0 radical (unpaired) electrons. The summed E-state index contributed by atoms with van der Waals surface area (Å²) in [5.41, 5.74) is 1.14. The van der Waals surface area contributed by atoms with Crippen LogP contribution in [0.25, 0.3) is 10.8 Å². The second-order valence-electron chi connectivity index (χ2n) is 7.54. The van der Waals surface area contributed by atoms with Crippen LogP contribution in [0.5, 0.6) is 0 Å². The highest BCUT2D eigenvalue weighted by atomic mass is 32.1. The molecule has 2 heterocycles. The molecule has 1 aliphatic rings. The molecular formula is C23H22N4OS. The molecule has 1 atom stereocenters. The van der Waals surface area contributed by atoms with Gasteiger partial charge in [0.1, 0.15) is 5.01 Å². The lowest BCUT2D eigenvalue weighted by Gasteiger charge is -2.22. The minimum atomic E-state index is -0.0878. The van der Waals surface area contributed by atoms with Gasteiger partial charge in [-0.15, -0.1) is 10.2 Å². The van der Waals surface area contributed by atoms with Gasteiger partial charge >= 0.3 is 0 Å². The third-order valence-corrected chi connectivity index (χ3v) is 6.69. The molecule has 0 aliphatic heterocycles. The normalized spacial score (nSPS) is 15.2. The first kappa shape index (κ1) is 18.1. The van der Waals surface area contributed by atoms with E-state index in [2.05, 4.69) is 50.4 Å². The van der Waals surface area contributed by atoms with Crippen LogP contribution in [0.2, 0.25) is 0 Å². The molecule has 2 aromatic heterocycles. The van der Waals surface area contributed by atoms with Crippen LogP contribution >= 0.6 is 11.3 Å². The van der Waals surface area contributed by atoms with E-state index in [-0.39, 0.29) is 11.9 Å². The Morgan fingerprint density at radius 1 is 1.07 bits per heavy atom. The van der Waals surface area contributed by atoms with Crippen molar-refractivity contribution in [3.8, 4) is 0 Å². The Labute approximate surface area is 173 Å². The molecule has 5 rings (SSSR count). The topological polar surface area (TPSA) is 59.8 Å². The van der Waals surface area contributed by atoms with Crippen LogP contribution in [0.3, 0.4) is 0 Å². The molecule has 1 fully saturated rings. The summed E-state index contributed by atoms with van der Waals surface area (Å²) in [4.78, 5) is 12.9. The molecule has 5 nitrogen and oxygen atoms in total. The number of carbonyl (C=O) groups is 1. The Morgan fingerprint density at radius 3 is 2.66 bits per heavy atom. The smallest absolute Gasteiger partial charge is 0.228 e. The Hall–Kier alpha value is -2.99. The van der Waals surface area contributed by atoms with Crippen molar-refractivity contribution in [1.29, 1.82) is 0 Å². The molecule has 0 unspecified atom stereocenters. The van der Waals surface area contributed by atoms with E-state index < -0.39 is 0 Å². The number of anilines is 1. The summed E-state index contributed by atoms with van der Waals surface area (Å²) in [6.45, 7) is 0. The lowest BCUT2D eigenvalue weighted by Crippen LogP contribution is -2.19. The minimum Gasteiger partial charge on any atom is -0.346 e. The Kier molecular flexibility index (Phi) is 4.86. The maximum absolute atomic E-state index is 12.9. The van der Waals surface area contributed by atoms with E-state index >= 15 is 0 Å². The molecule has 1 N–H and O–H groups in total. The van der Waals surface area contributed by atoms with Crippen LogP contribution in [0.15, 0.2) is 67.0 Å². The molecule has 1 amide bonds. The molecule has 0 bridgehead atoms. The number of benzene rings is 2. The van der Waals surface area contributed by atoms with Crippen molar-refractivity contribution >= 4 is 33.1 Å². The second-order valence-corrected chi connectivity index (χ2v) is 8.55. The number of hydrogen-bond acceptors (Lipinski definition) is 4. The summed E-state index contributed by atoms with van der Waals surface area (Å²) < 4.78 is 2.10. The molecular weight excluding hydrogens is 380 g/mol. The van der Waals surface area contributed by atoms with E-state index in [1.165, 1.54) is 41.4 Å². The van der Waals surface area contributed by atoms with Crippen molar-refractivity contribution < 1.29 is 4.79 Å². The van der Waals surface area contributed by atoms with E-state index in [0.717, 1.165) is 10.6 Å². The summed E-state index contributed by atoms with van der Waals surface area (Å²) in [7, 11) is 0. The van der Waals surface area contributed by atoms with Gasteiger partial charge in [0.15, 0.2) is 0 Å². The summed E-state index contributed by atoms with van der Waals surface area (Å²) >= 11 is 1.51. The first-order valence-electron chi connectivity index (χ1n) is 10.0.